The number of aryl methyl sites for hydroxylation is 1. The number of hydrogen-bond donors (Lipinski definition) is 3. The molecule has 1 atom stereocenters. The highest BCUT2D eigenvalue weighted by atomic mass is 35.6. The molecular formula is C17H15Cl3N4O3S. The molecule has 0 saturated heterocycles. The van der Waals surface area contributed by atoms with Crippen LogP contribution >= 0.6 is 47.0 Å². The zero-order valence-corrected chi connectivity index (χ0v) is 17.5. The quantitative estimate of drug-likeness (QED) is 0.202. The Morgan fingerprint density at radius 2 is 1.79 bits per heavy atom. The van der Waals surface area contributed by atoms with Gasteiger partial charge in [-0.15, -0.1) is 0 Å². The first-order valence-corrected chi connectivity index (χ1v) is 9.36. The number of non-ortho nitro benzene ring substituents is 1. The van der Waals surface area contributed by atoms with Gasteiger partial charge in [0.25, 0.3) is 11.6 Å². The van der Waals surface area contributed by atoms with Crippen LogP contribution in [0.2, 0.25) is 0 Å². The third-order valence-corrected chi connectivity index (χ3v) is 4.38. The number of halogens is 3. The lowest BCUT2D eigenvalue weighted by atomic mass is 10.1. The van der Waals surface area contributed by atoms with E-state index in [-0.39, 0.29) is 10.8 Å². The van der Waals surface area contributed by atoms with Crippen LogP contribution in [0.5, 0.6) is 0 Å². The van der Waals surface area contributed by atoms with E-state index in [0.29, 0.717) is 11.3 Å². The first-order valence-electron chi connectivity index (χ1n) is 7.82. The SMILES string of the molecule is Cc1ccc(C(=O)NC(NC(=S)Nc2cccc([N+](=O)[O-])c2)C(Cl)(Cl)Cl)cc1. The van der Waals surface area contributed by atoms with Crippen molar-refractivity contribution in [2.24, 2.45) is 0 Å². The molecule has 7 nitrogen and oxygen atoms in total. The molecule has 11 heteroatoms. The van der Waals surface area contributed by atoms with E-state index in [1.54, 1.807) is 30.3 Å². The van der Waals surface area contributed by atoms with E-state index in [9.17, 15) is 14.9 Å². The van der Waals surface area contributed by atoms with Gasteiger partial charge in [-0.2, -0.15) is 0 Å². The van der Waals surface area contributed by atoms with E-state index in [0.717, 1.165) is 5.56 Å². The third-order valence-electron chi connectivity index (χ3n) is 3.51. The Morgan fingerprint density at radius 3 is 2.36 bits per heavy atom. The lowest BCUT2D eigenvalue weighted by Crippen LogP contribution is -2.56. The molecule has 0 aliphatic heterocycles. The van der Waals surface area contributed by atoms with E-state index in [1.165, 1.54) is 18.2 Å². The van der Waals surface area contributed by atoms with Gasteiger partial charge in [0, 0.05) is 23.4 Å². The fourth-order valence-corrected chi connectivity index (χ4v) is 2.68. The molecule has 1 unspecified atom stereocenters. The molecule has 1 amide bonds. The fraction of sp³-hybridized carbons (Fsp3) is 0.176. The molecule has 2 aromatic carbocycles. The minimum Gasteiger partial charge on any atom is -0.339 e. The van der Waals surface area contributed by atoms with Gasteiger partial charge in [-0.1, -0.05) is 58.6 Å². The van der Waals surface area contributed by atoms with Gasteiger partial charge >= 0.3 is 0 Å². The molecule has 0 heterocycles. The molecule has 28 heavy (non-hydrogen) atoms. The Morgan fingerprint density at radius 1 is 1.14 bits per heavy atom. The van der Waals surface area contributed by atoms with Gasteiger partial charge in [-0.25, -0.2) is 0 Å². The molecule has 0 fully saturated rings. The maximum Gasteiger partial charge on any atom is 0.271 e. The summed E-state index contributed by atoms with van der Waals surface area (Å²) in [6, 6.07) is 12.5. The van der Waals surface area contributed by atoms with E-state index < -0.39 is 20.8 Å². The van der Waals surface area contributed by atoms with Gasteiger partial charge in [0.1, 0.15) is 6.17 Å². The highest BCUT2D eigenvalue weighted by Crippen LogP contribution is 2.29. The maximum absolute atomic E-state index is 12.4. The summed E-state index contributed by atoms with van der Waals surface area (Å²) in [5.41, 5.74) is 1.62. The van der Waals surface area contributed by atoms with Crippen molar-refractivity contribution in [3.8, 4) is 0 Å². The number of nitrogens with zero attached hydrogens (tertiary/aromatic N) is 1. The lowest BCUT2D eigenvalue weighted by molar-refractivity contribution is -0.384. The van der Waals surface area contributed by atoms with Crippen molar-refractivity contribution < 1.29 is 9.72 Å². The summed E-state index contributed by atoms with van der Waals surface area (Å²) >= 11 is 23.0. The monoisotopic (exact) mass is 460 g/mol. The number of rotatable bonds is 5. The molecule has 2 aromatic rings. The summed E-state index contributed by atoms with van der Waals surface area (Å²) in [7, 11) is 0. The minimum absolute atomic E-state index is 0.000953. The van der Waals surface area contributed by atoms with Crippen molar-refractivity contribution in [2.75, 3.05) is 5.32 Å². The summed E-state index contributed by atoms with van der Waals surface area (Å²) in [5, 5.41) is 18.9. The van der Waals surface area contributed by atoms with Gasteiger partial charge in [0.2, 0.25) is 3.79 Å². The zero-order valence-electron chi connectivity index (χ0n) is 14.4. The number of alkyl halides is 3. The molecule has 0 aliphatic rings. The van der Waals surface area contributed by atoms with Crippen LogP contribution in [0.4, 0.5) is 11.4 Å². The van der Waals surface area contributed by atoms with Crippen molar-refractivity contribution in [2.45, 2.75) is 16.9 Å². The Kier molecular flexibility index (Phi) is 7.42. The maximum atomic E-state index is 12.4. The average Bonchev–Trinajstić information content (AvgIpc) is 2.61. The van der Waals surface area contributed by atoms with E-state index >= 15 is 0 Å². The summed E-state index contributed by atoms with van der Waals surface area (Å²) in [5.74, 6) is -0.470. The fourth-order valence-electron chi connectivity index (χ4n) is 2.11. The van der Waals surface area contributed by atoms with Crippen molar-refractivity contribution in [1.82, 2.24) is 10.6 Å². The third kappa shape index (κ3) is 6.49. The number of amides is 1. The number of nitro benzene ring substituents is 1. The predicted molar refractivity (Wildman–Crippen MR) is 115 cm³/mol. The molecule has 0 spiro atoms. The van der Waals surface area contributed by atoms with Crippen LogP contribution in [0.1, 0.15) is 15.9 Å². The van der Waals surface area contributed by atoms with Crippen molar-refractivity contribution >= 4 is 69.4 Å². The molecule has 0 aliphatic carbocycles. The Labute approximate surface area is 181 Å². The topological polar surface area (TPSA) is 96.3 Å². The van der Waals surface area contributed by atoms with Crippen LogP contribution < -0.4 is 16.0 Å². The first kappa shape index (κ1) is 22.2. The molecule has 2 rings (SSSR count). The second-order valence-corrected chi connectivity index (χ2v) is 8.50. The number of benzene rings is 2. The predicted octanol–water partition coefficient (Wildman–Crippen LogP) is 4.32. The van der Waals surface area contributed by atoms with Gasteiger partial charge < -0.3 is 16.0 Å². The molecule has 148 valence electrons. The number of thiocarbonyl (C=S) groups is 1. The van der Waals surface area contributed by atoms with Gasteiger partial charge in [-0.3, -0.25) is 14.9 Å². The molecule has 0 bridgehead atoms. The lowest BCUT2D eigenvalue weighted by Gasteiger charge is -2.27. The molecule has 0 saturated carbocycles. The Hall–Kier alpha value is -2.13. The van der Waals surface area contributed by atoms with E-state index in [1.807, 2.05) is 6.92 Å². The number of nitro groups is 1. The van der Waals surface area contributed by atoms with Crippen LogP contribution in [-0.4, -0.2) is 25.9 Å². The average molecular weight is 462 g/mol. The normalized spacial score (nSPS) is 12.0. The Balaban J connectivity index is 2.08. The van der Waals surface area contributed by atoms with Gasteiger partial charge in [0.15, 0.2) is 5.11 Å². The summed E-state index contributed by atoms with van der Waals surface area (Å²) in [4.78, 5) is 22.7. The van der Waals surface area contributed by atoms with Crippen LogP contribution in [0.25, 0.3) is 0 Å². The zero-order chi connectivity index (χ0) is 20.9. The number of carbonyl (C=O) groups excluding carboxylic acids is 1. The minimum atomic E-state index is -1.92. The summed E-state index contributed by atoms with van der Waals surface area (Å²) in [6.07, 6.45) is -1.16. The van der Waals surface area contributed by atoms with Crippen molar-refractivity contribution in [3.05, 3.63) is 69.8 Å². The van der Waals surface area contributed by atoms with Crippen LogP contribution in [0, 0.1) is 17.0 Å². The number of carbonyl (C=O) groups is 1. The molecule has 3 N–H and O–H groups in total. The summed E-state index contributed by atoms with van der Waals surface area (Å²) in [6.45, 7) is 1.89. The summed E-state index contributed by atoms with van der Waals surface area (Å²) < 4.78 is -1.92. The molecule has 0 radical (unpaired) electrons. The highest BCUT2D eigenvalue weighted by molar-refractivity contribution is 7.80. The van der Waals surface area contributed by atoms with Crippen LogP contribution in [0.3, 0.4) is 0 Å². The largest absolute Gasteiger partial charge is 0.339 e. The highest BCUT2D eigenvalue weighted by Gasteiger charge is 2.35. The van der Waals surface area contributed by atoms with Gasteiger partial charge in [-0.05, 0) is 37.3 Å². The van der Waals surface area contributed by atoms with E-state index in [2.05, 4.69) is 16.0 Å². The standard InChI is InChI=1S/C17H15Cl3N4O3S/c1-10-5-7-11(8-6-10)14(25)22-15(17(18,19)20)23-16(28)21-12-3-2-4-13(9-12)24(26)27/h2-9,15H,1H3,(H,22,25)(H2,21,23,28). The van der Waals surface area contributed by atoms with Crippen molar-refractivity contribution in [1.29, 1.82) is 0 Å². The Bertz CT molecular complexity index is 888. The smallest absolute Gasteiger partial charge is 0.271 e. The van der Waals surface area contributed by atoms with Gasteiger partial charge in [0.05, 0.1) is 4.92 Å². The number of hydrogen-bond acceptors (Lipinski definition) is 4. The van der Waals surface area contributed by atoms with Crippen LogP contribution in [0.15, 0.2) is 48.5 Å². The number of anilines is 1. The number of nitrogens with one attached hydrogen (secondary N) is 3. The molecule has 0 aromatic heterocycles. The molecular weight excluding hydrogens is 447 g/mol. The van der Waals surface area contributed by atoms with Crippen LogP contribution in [-0.2, 0) is 0 Å². The first-order chi connectivity index (χ1) is 13.1. The van der Waals surface area contributed by atoms with Crippen molar-refractivity contribution in [3.63, 3.8) is 0 Å². The second kappa shape index (κ2) is 9.38. The van der Waals surface area contributed by atoms with E-state index in [4.69, 9.17) is 47.0 Å². The second-order valence-electron chi connectivity index (χ2n) is 5.72.